The highest BCUT2D eigenvalue weighted by Gasteiger charge is 2.09. The summed E-state index contributed by atoms with van der Waals surface area (Å²) in [7, 11) is -1.41. The summed E-state index contributed by atoms with van der Waals surface area (Å²) in [5, 5.41) is 17.3. The van der Waals surface area contributed by atoms with Crippen LogP contribution in [0.2, 0.25) is 0 Å². The fourth-order valence-electron chi connectivity index (χ4n) is 0.556. The van der Waals surface area contributed by atoms with Gasteiger partial charge in [0.2, 0.25) is 0 Å². The Morgan fingerprint density at radius 3 is 2.40 bits per heavy atom. The Labute approximate surface area is 61.3 Å². The Balaban J connectivity index is 4.25. The van der Waals surface area contributed by atoms with Crippen LogP contribution >= 0.6 is 0 Å². The molecule has 0 aromatic heterocycles. The molecular formula is C7H11BO2. The molecule has 10 heavy (non-hydrogen) atoms. The van der Waals surface area contributed by atoms with Gasteiger partial charge in [-0.15, -0.1) is 0 Å². The van der Waals surface area contributed by atoms with E-state index in [-0.39, 0.29) is 0 Å². The zero-order valence-electron chi connectivity index (χ0n) is 5.99. The molecule has 0 rings (SSSR count). The maximum Gasteiger partial charge on any atom is 0.488 e. The molecule has 0 aliphatic heterocycles. The van der Waals surface area contributed by atoms with Gasteiger partial charge < -0.3 is 10.0 Å². The maximum absolute atomic E-state index is 8.66. The van der Waals surface area contributed by atoms with Crippen LogP contribution in [-0.2, 0) is 0 Å². The topological polar surface area (TPSA) is 40.5 Å². The van der Waals surface area contributed by atoms with Gasteiger partial charge in [0.25, 0.3) is 0 Å². The van der Waals surface area contributed by atoms with Crippen molar-refractivity contribution in [3.63, 3.8) is 0 Å². The second kappa shape index (κ2) is 5.03. The first kappa shape index (κ1) is 9.20. The molecule has 0 amide bonds. The second-order valence-corrected chi connectivity index (χ2v) is 1.78. The van der Waals surface area contributed by atoms with E-state index in [1.165, 1.54) is 6.08 Å². The smallest absolute Gasteiger partial charge is 0.423 e. The van der Waals surface area contributed by atoms with Crippen molar-refractivity contribution in [2.24, 2.45) is 0 Å². The van der Waals surface area contributed by atoms with E-state index in [1.807, 2.05) is 0 Å². The van der Waals surface area contributed by atoms with Crippen LogP contribution in [0.25, 0.3) is 0 Å². The highest BCUT2D eigenvalue weighted by molar-refractivity contribution is 6.51. The first-order valence-corrected chi connectivity index (χ1v) is 3.03. The Morgan fingerprint density at radius 1 is 1.50 bits per heavy atom. The molecule has 3 heteroatoms. The molecule has 0 spiro atoms. The summed E-state index contributed by atoms with van der Waals surface area (Å²) in [6, 6.07) is 0. The van der Waals surface area contributed by atoms with E-state index >= 15 is 0 Å². The predicted octanol–water partition coefficient (Wildman–Crippen LogP) is 0.687. The lowest BCUT2D eigenvalue weighted by molar-refractivity contribution is 0.420. The highest BCUT2D eigenvalue weighted by Crippen LogP contribution is 1.97. The van der Waals surface area contributed by atoms with E-state index < -0.39 is 7.12 Å². The molecule has 0 saturated carbocycles. The van der Waals surface area contributed by atoms with Crippen LogP contribution in [0.4, 0.5) is 0 Å². The van der Waals surface area contributed by atoms with Crippen LogP contribution in [0.5, 0.6) is 0 Å². The molecule has 2 nitrogen and oxygen atoms in total. The Kier molecular flexibility index (Phi) is 4.63. The summed E-state index contributed by atoms with van der Waals surface area (Å²) in [6.07, 6.45) is 6.40. The van der Waals surface area contributed by atoms with Gasteiger partial charge in [0, 0.05) is 0 Å². The molecule has 0 heterocycles. The van der Waals surface area contributed by atoms with Crippen molar-refractivity contribution in [2.45, 2.75) is 6.92 Å². The molecule has 0 unspecified atom stereocenters. The van der Waals surface area contributed by atoms with Crippen molar-refractivity contribution in [2.75, 3.05) is 0 Å². The summed E-state index contributed by atoms with van der Waals surface area (Å²) >= 11 is 0. The fourth-order valence-corrected chi connectivity index (χ4v) is 0.556. The third-order valence-electron chi connectivity index (χ3n) is 0.968. The van der Waals surface area contributed by atoms with Crippen LogP contribution in [0, 0.1) is 0 Å². The number of hydrogen-bond acceptors (Lipinski definition) is 2. The van der Waals surface area contributed by atoms with E-state index in [0.29, 0.717) is 5.47 Å². The normalized spacial score (nSPS) is 12.1. The molecule has 0 aliphatic rings. The van der Waals surface area contributed by atoms with Crippen LogP contribution in [0.15, 0.2) is 36.4 Å². The van der Waals surface area contributed by atoms with E-state index in [1.54, 1.807) is 25.2 Å². The van der Waals surface area contributed by atoms with E-state index in [4.69, 9.17) is 10.0 Å². The van der Waals surface area contributed by atoms with Crippen molar-refractivity contribution >= 4 is 7.12 Å². The third kappa shape index (κ3) is 3.27. The molecule has 0 saturated heterocycles. The lowest BCUT2D eigenvalue weighted by Crippen LogP contribution is -2.13. The van der Waals surface area contributed by atoms with Gasteiger partial charge in [-0.3, -0.25) is 0 Å². The first-order valence-electron chi connectivity index (χ1n) is 3.03. The van der Waals surface area contributed by atoms with E-state index in [9.17, 15) is 0 Å². The van der Waals surface area contributed by atoms with Gasteiger partial charge in [0.05, 0.1) is 0 Å². The number of allylic oxidation sites excluding steroid dienone is 5. The van der Waals surface area contributed by atoms with Crippen LogP contribution < -0.4 is 0 Å². The largest absolute Gasteiger partial charge is 0.488 e. The van der Waals surface area contributed by atoms with Crippen molar-refractivity contribution in [3.8, 4) is 0 Å². The minimum absolute atomic E-state index is 0.442. The van der Waals surface area contributed by atoms with Gasteiger partial charge in [-0.2, -0.15) is 0 Å². The van der Waals surface area contributed by atoms with Crippen LogP contribution in [-0.4, -0.2) is 17.2 Å². The van der Waals surface area contributed by atoms with Gasteiger partial charge in [-0.25, -0.2) is 0 Å². The summed E-state index contributed by atoms with van der Waals surface area (Å²) in [6.45, 7) is 5.24. The third-order valence-corrected chi connectivity index (χ3v) is 0.968. The number of hydrogen-bond donors (Lipinski definition) is 2. The summed E-state index contributed by atoms with van der Waals surface area (Å²) in [5.41, 5.74) is 0.442. The lowest BCUT2D eigenvalue weighted by atomic mass is 9.79. The minimum atomic E-state index is -1.41. The molecule has 0 aromatic rings. The minimum Gasteiger partial charge on any atom is -0.423 e. The van der Waals surface area contributed by atoms with Gasteiger partial charge in [0.1, 0.15) is 0 Å². The number of rotatable bonds is 3. The van der Waals surface area contributed by atoms with Crippen molar-refractivity contribution < 1.29 is 10.0 Å². The first-order chi connectivity index (χ1) is 4.72. The van der Waals surface area contributed by atoms with Gasteiger partial charge in [0.15, 0.2) is 0 Å². The standard InChI is InChI=1S/C7H11BO2/c1-3-5-7(6-4-2)8(9)10/h3-6,9-10H,1H2,2H3/b6-4-,7-5+. The molecule has 0 bridgehead atoms. The van der Waals surface area contributed by atoms with Gasteiger partial charge in [-0.1, -0.05) is 30.9 Å². The average Bonchev–Trinajstić information content (AvgIpc) is 1.87. The predicted molar refractivity (Wildman–Crippen MR) is 43.3 cm³/mol. The second-order valence-electron chi connectivity index (χ2n) is 1.78. The Morgan fingerprint density at radius 2 is 2.10 bits per heavy atom. The van der Waals surface area contributed by atoms with Crippen molar-refractivity contribution in [1.29, 1.82) is 0 Å². The SMILES string of the molecule is C=C/C=C(\C=C/C)B(O)O. The van der Waals surface area contributed by atoms with Gasteiger partial charge in [-0.05, 0) is 12.4 Å². The quantitative estimate of drug-likeness (QED) is 0.444. The molecule has 0 aromatic carbocycles. The molecular weight excluding hydrogens is 127 g/mol. The van der Waals surface area contributed by atoms with Crippen LogP contribution in [0.3, 0.4) is 0 Å². The molecule has 0 atom stereocenters. The van der Waals surface area contributed by atoms with E-state index in [2.05, 4.69) is 6.58 Å². The summed E-state index contributed by atoms with van der Waals surface area (Å²) in [5.74, 6) is 0. The molecule has 0 aliphatic carbocycles. The van der Waals surface area contributed by atoms with Crippen molar-refractivity contribution in [3.05, 3.63) is 36.4 Å². The lowest BCUT2D eigenvalue weighted by Gasteiger charge is -1.95. The summed E-state index contributed by atoms with van der Waals surface area (Å²) in [4.78, 5) is 0. The average molecular weight is 138 g/mol. The molecule has 54 valence electrons. The molecule has 0 fully saturated rings. The van der Waals surface area contributed by atoms with Crippen molar-refractivity contribution in [1.82, 2.24) is 0 Å². The molecule has 2 N–H and O–H groups in total. The summed E-state index contributed by atoms with van der Waals surface area (Å²) < 4.78 is 0. The van der Waals surface area contributed by atoms with Gasteiger partial charge >= 0.3 is 7.12 Å². The Bertz CT molecular complexity index is 159. The maximum atomic E-state index is 8.66. The van der Waals surface area contributed by atoms with E-state index in [0.717, 1.165) is 0 Å². The molecule has 0 radical (unpaired) electrons. The zero-order valence-corrected chi connectivity index (χ0v) is 5.99. The Hall–Kier alpha value is -0.795. The highest BCUT2D eigenvalue weighted by atomic mass is 16.4. The fraction of sp³-hybridized carbons (Fsp3) is 0.143. The zero-order chi connectivity index (χ0) is 7.98. The van der Waals surface area contributed by atoms with Crippen LogP contribution in [0.1, 0.15) is 6.92 Å². The monoisotopic (exact) mass is 138 g/mol.